The normalized spacial score (nSPS) is 10.1. The Morgan fingerprint density at radius 1 is 1.36 bits per heavy atom. The lowest BCUT2D eigenvalue weighted by atomic mass is 10.3. The highest BCUT2D eigenvalue weighted by Gasteiger charge is 2.09. The summed E-state index contributed by atoms with van der Waals surface area (Å²) >= 11 is 5.77. The molecule has 0 aliphatic heterocycles. The van der Waals surface area contributed by atoms with Crippen LogP contribution in [0.5, 0.6) is 5.75 Å². The molecule has 0 radical (unpaired) electrons. The number of hydrogen-bond donors (Lipinski definition) is 0. The third kappa shape index (κ3) is 1.42. The molecule has 0 aliphatic carbocycles. The van der Waals surface area contributed by atoms with E-state index in [0.29, 0.717) is 11.4 Å². The molecule has 1 aromatic carbocycles. The topological polar surface area (TPSA) is 52.8 Å². The van der Waals surface area contributed by atoms with Crippen LogP contribution in [0.25, 0.3) is 5.69 Å². The summed E-state index contributed by atoms with van der Waals surface area (Å²) in [5.41, 5.74) is 0.713. The largest absolute Gasteiger partial charge is 0.494 e. The number of aromatic nitrogens is 4. The van der Waals surface area contributed by atoms with Gasteiger partial charge in [0.25, 0.3) is 0 Å². The highest BCUT2D eigenvalue weighted by molar-refractivity contribution is 6.28. The summed E-state index contributed by atoms with van der Waals surface area (Å²) in [5, 5.41) is 11.0. The van der Waals surface area contributed by atoms with Crippen LogP contribution in [0.2, 0.25) is 5.28 Å². The van der Waals surface area contributed by atoms with E-state index in [0.717, 1.165) is 0 Å². The van der Waals surface area contributed by atoms with E-state index in [9.17, 15) is 0 Å². The van der Waals surface area contributed by atoms with Gasteiger partial charge in [-0.25, -0.2) is 0 Å². The van der Waals surface area contributed by atoms with Crippen LogP contribution in [-0.2, 0) is 0 Å². The van der Waals surface area contributed by atoms with Crippen LogP contribution in [0.4, 0.5) is 0 Å². The molecule has 1 heterocycles. The second-order valence-electron chi connectivity index (χ2n) is 2.53. The first-order valence-corrected chi connectivity index (χ1v) is 4.28. The van der Waals surface area contributed by atoms with Gasteiger partial charge in [-0.2, -0.15) is 4.68 Å². The predicted octanol–water partition coefficient (Wildman–Crippen LogP) is 1.32. The molecule has 5 nitrogen and oxygen atoms in total. The molecule has 0 amide bonds. The van der Waals surface area contributed by atoms with Gasteiger partial charge in [0.2, 0.25) is 5.28 Å². The quantitative estimate of drug-likeness (QED) is 0.750. The van der Waals surface area contributed by atoms with Gasteiger partial charge in [0.15, 0.2) is 0 Å². The molecular weight excluding hydrogens is 204 g/mol. The fourth-order valence-corrected chi connectivity index (χ4v) is 1.29. The molecular formula is C8H7ClN4O. The van der Waals surface area contributed by atoms with Crippen LogP contribution in [0, 0.1) is 0 Å². The second kappa shape index (κ2) is 3.63. The zero-order valence-electron chi connectivity index (χ0n) is 7.38. The summed E-state index contributed by atoms with van der Waals surface area (Å²) in [4.78, 5) is 0. The highest BCUT2D eigenvalue weighted by atomic mass is 35.5. The zero-order valence-corrected chi connectivity index (χ0v) is 8.14. The minimum atomic E-state index is 0.203. The van der Waals surface area contributed by atoms with Crippen molar-refractivity contribution in [3.05, 3.63) is 29.5 Å². The molecule has 0 unspecified atom stereocenters. The molecule has 0 saturated carbocycles. The summed E-state index contributed by atoms with van der Waals surface area (Å²) in [6.07, 6.45) is 0. The first-order valence-electron chi connectivity index (χ1n) is 3.90. The maximum atomic E-state index is 5.77. The van der Waals surface area contributed by atoms with Gasteiger partial charge in [0.1, 0.15) is 11.4 Å². The third-order valence-corrected chi connectivity index (χ3v) is 1.98. The summed E-state index contributed by atoms with van der Waals surface area (Å²) < 4.78 is 6.55. The number of rotatable bonds is 2. The summed E-state index contributed by atoms with van der Waals surface area (Å²) in [6, 6.07) is 7.35. The Kier molecular flexibility index (Phi) is 2.32. The van der Waals surface area contributed by atoms with E-state index in [4.69, 9.17) is 16.3 Å². The van der Waals surface area contributed by atoms with Crippen LogP contribution in [0.15, 0.2) is 24.3 Å². The fourth-order valence-electron chi connectivity index (χ4n) is 1.13. The number of tetrazole rings is 1. The predicted molar refractivity (Wildman–Crippen MR) is 50.7 cm³/mol. The number of para-hydroxylation sites is 2. The van der Waals surface area contributed by atoms with Crippen LogP contribution in [0.1, 0.15) is 0 Å². The average molecular weight is 211 g/mol. The molecule has 0 spiro atoms. The van der Waals surface area contributed by atoms with Crippen molar-refractivity contribution >= 4 is 11.6 Å². The Bertz CT molecular complexity index is 442. The second-order valence-corrected chi connectivity index (χ2v) is 2.87. The smallest absolute Gasteiger partial charge is 0.248 e. The Hall–Kier alpha value is -1.62. The number of hydrogen-bond acceptors (Lipinski definition) is 4. The third-order valence-electron chi connectivity index (χ3n) is 1.74. The van der Waals surface area contributed by atoms with E-state index in [1.807, 2.05) is 24.3 Å². The average Bonchev–Trinajstić information content (AvgIpc) is 2.64. The van der Waals surface area contributed by atoms with Gasteiger partial charge in [0.05, 0.1) is 7.11 Å². The lowest BCUT2D eigenvalue weighted by Crippen LogP contribution is -1.99. The van der Waals surface area contributed by atoms with E-state index >= 15 is 0 Å². The number of benzene rings is 1. The Labute approximate surface area is 85.3 Å². The molecule has 0 atom stereocenters. The van der Waals surface area contributed by atoms with Crippen LogP contribution >= 0.6 is 11.6 Å². The lowest BCUT2D eigenvalue weighted by molar-refractivity contribution is 0.411. The van der Waals surface area contributed by atoms with Gasteiger partial charge < -0.3 is 4.74 Å². The highest BCUT2D eigenvalue weighted by Crippen LogP contribution is 2.22. The van der Waals surface area contributed by atoms with Gasteiger partial charge in [-0.3, -0.25) is 0 Å². The molecule has 1 aromatic heterocycles. The lowest BCUT2D eigenvalue weighted by Gasteiger charge is -2.06. The van der Waals surface area contributed by atoms with E-state index in [-0.39, 0.29) is 5.28 Å². The van der Waals surface area contributed by atoms with E-state index in [1.54, 1.807) is 7.11 Å². The van der Waals surface area contributed by atoms with E-state index < -0.39 is 0 Å². The maximum Gasteiger partial charge on any atom is 0.248 e. The fraction of sp³-hybridized carbons (Fsp3) is 0.125. The van der Waals surface area contributed by atoms with Crippen molar-refractivity contribution in [2.75, 3.05) is 7.11 Å². The summed E-state index contributed by atoms with van der Waals surface area (Å²) in [7, 11) is 1.58. The monoisotopic (exact) mass is 210 g/mol. The number of ether oxygens (including phenoxy) is 1. The Balaban J connectivity index is 2.56. The molecule has 6 heteroatoms. The van der Waals surface area contributed by atoms with Crippen molar-refractivity contribution in [3.63, 3.8) is 0 Å². The first kappa shape index (κ1) is 8.96. The van der Waals surface area contributed by atoms with Crippen molar-refractivity contribution in [3.8, 4) is 11.4 Å². The molecule has 72 valence electrons. The zero-order chi connectivity index (χ0) is 9.97. The van der Waals surface area contributed by atoms with Crippen molar-refractivity contribution in [2.24, 2.45) is 0 Å². The van der Waals surface area contributed by atoms with Crippen molar-refractivity contribution < 1.29 is 4.74 Å². The molecule has 0 saturated heterocycles. The molecule has 2 rings (SSSR count). The van der Waals surface area contributed by atoms with Crippen LogP contribution < -0.4 is 4.74 Å². The maximum absolute atomic E-state index is 5.77. The summed E-state index contributed by atoms with van der Waals surface area (Å²) in [5.74, 6) is 0.668. The number of halogens is 1. The van der Waals surface area contributed by atoms with Gasteiger partial charge in [-0.1, -0.05) is 17.2 Å². The van der Waals surface area contributed by atoms with Crippen LogP contribution in [-0.4, -0.2) is 27.3 Å². The van der Waals surface area contributed by atoms with Gasteiger partial charge in [0, 0.05) is 0 Å². The van der Waals surface area contributed by atoms with Crippen LogP contribution in [0.3, 0.4) is 0 Å². The Morgan fingerprint density at radius 3 is 2.79 bits per heavy atom. The number of methoxy groups -OCH3 is 1. The SMILES string of the molecule is COc1ccccc1-n1nnnc1Cl. The molecule has 2 aromatic rings. The summed E-state index contributed by atoms with van der Waals surface area (Å²) in [6.45, 7) is 0. The molecule has 0 aliphatic rings. The number of nitrogens with zero attached hydrogens (tertiary/aromatic N) is 4. The first-order chi connectivity index (χ1) is 6.83. The Morgan fingerprint density at radius 2 is 2.14 bits per heavy atom. The van der Waals surface area contributed by atoms with E-state index in [1.165, 1.54) is 4.68 Å². The van der Waals surface area contributed by atoms with Gasteiger partial charge in [-0.05, 0) is 34.2 Å². The van der Waals surface area contributed by atoms with E-state index in [2.05, 4.69) is 15.5 Å². The minimum absolute atomic E-state index is 0.203. The van der Waals surface area contributed by atoms with Gasteiger partial charge >= 0.3 is 0 Å². The van der Waals surface area contributed by atoms with Gasteiger partial charge in [-0.15, -0.1) is 0 Å². The van der Waals surface area contributed by atoms with Crippen molar-refractivity contribution in [2.45, 2.75) is 0 Å². The molecule has 0 N–H and O–H groups in total. The minimum Gasteiger partial charge on any atom is -0.494 e. The molecule has 0 bridgehead atoms. The molecule has 0 fully saturated rings. The standard InChI is InChI=1S/C8H7ClN4O/c1-14-7-5-3-2-4-6(7)13-8(9)10-11-12-13/h2-5H,1H3. The van der Waals surface area contributed by atoms with Crippen molar-refractivity contribution in [1.82, 2.24) is 20.2 Å². The van der Waals surface area contributed by atoms with Crippen molar-refractivity contribution in [1.29, 1.82) is 0 Å². The molecule has 14 heavy (non-hydrogen) atoms.